The first-order valence-corrected chi connectivity index (χ1v) is 11.6. The Hall–Kier alpha value is -3.65. The standard InChI is InChI=1S/C26H26N2O5S/c1-31-19-11-9-18(10-12-19)27-25(29)16-28-20-6-4-5-7-23(20)34-24(15-26(28)30)17-8-13-21(32-2)22(14-17)33-3/h4-14,24H,15-16H2,1-3H3,(H,27,29)/t24-/m0/s1. The third-order valence-corrected chi connectivity index (χ3v) is 6.86. The van der Waals surface area contributed by atoms with E-state index in [1.165, 1.54) is 0 Å². The normalized spacial score (nSPS) is 15.2. The van der Waals surface area contributed by atoms with Crippen LogP contribution < -0.4 is 24.4 Å². The first-order chi connectivity index (χ1) is 16.5. The fraction of sp³-hybridized carbons (Fsp3) is 0.231. The Morgan fingerprint density at radius 3 is 2.41 bits per heavy atom. The molecule has 0 unspecified atom stereocenters. The number of anilines is 2. The molecular weight excluding hydrogens is 452 g/mol. The zero-order valence-corrected chi connectivity index (χ0v) is 20.1. The van der Waals surface area contributed by atoms with Crippen LogP contribution in [0.25, 0.3) is 0 Å². The number of rotatable bonds is 7. The predicted octanol–water partition coefficient (Wildman–Crippen LogP) is 4.92. The molecule has 0 aromatic heterocycles. The van der Waals surface area contributed by atoms with Gasteiger partial charge >= 0.3 is 0 Å². The SMILES string of the molecule is COc1ccc(NC(=O)CN2C(=O)C[C@@H](c3ccc(OC)c(OC)c3)Sc3ccccc32)cc1. The van der Waals surface area contributed by atoms with Crippen molar-refractivity contribution in [3.8, 4) is 17.2 Å². The fourth-order valence-electron chi connectivity index (χ4n) is 3.81. The highest BCUT2D eigenvalue weighted by molar-refractivity contribution is 7.99. The summed E-state index contributed by atoms with van der Waals surface area (Å²) in [5.74, 6) is 1.55. The molecule has 1 aliphatic heterocycles. The number of fused-ring (bicyclic) bond motifs is 1. The first-order valence-electron chi connectivity index (χ1n) is 10.7. The van der Waals surface area contributed by atoms with Gasteiger partial charge in [0, 0.05) is 22.3 Å². The van der Waals surface area contributed by atoms with E-state index in [-0.39, 0.29) is 30.0 Å². The highest BCUT2D eigenvalue weighted by atomic mass is 32.2. The summed E-state index contributed by atoms with van der Waals surface area (Å²) in [7, 11) is 4.77. The van der Waals surface area contributed by atoms with Crippen molar-refractivity contribution in [2.45, 2.75) is 16.6 Å². The molecule has 8 heteroatoms. The lowest BCUT2D eigenvalue weighted by Crippen LogP contribution is -2.38. The van der Waals surface area contributed by atoms with E-state index in [0.29, 0.717) is 22.9 Å². The average Bonchev–Trinajstić information content (AvgIpc) is 3.00. The minimum atomic E-state index is -0.275. The number of nitrogens with zero attached hydrogens (tertiary/aromatic N) is 1. The molecule has 7 nitrogen and oxygen atoms in total. The highest BCUT2D eigenvalue weighted by Gasteiger charge is 2.30. The van der Waals surface area contributed by atoms with Crippen molar-refractivity contribution in [3.05, 3.63) is 72.3 Å². The summed E-state index contributed by atoms with van der Waals surface area (Å²) in [5.41, 5.74) is 2.32. The van der Waals surface area contributed by atoms with E-state index >= 15 is 0 Å². The summed E-state index contributed by atoms with van der Waals surface area (Å²) in [6, 6.07) is 20.4. The molecule has 1 N–H and O–H groups in total. The Bertz CT molecular complexity index is 1180. The van der Waals surface area contributed by atoms with E-state index in [1.54, 1.807) is 62.3 Å². The van der Waals surface area contributed by atoms with Crippen LogP contribution in [0.5, 0.6) is 17.2 Å². The van der Waals surface area contributed by atoms with E-state index in [9.17, 15) is 9.59 Å². The van der Waals surface area contributed by atoms with Gasteiger partial charge in [-0.3, -0.25) is 9.59 Å². The molecule has 0 saturated heterocycles. The molecule has 0 bridgehead atoms. The largest absolute Gasteiger partial charge is 0.497 e. The Morgan fingerprint density at radius 1 is 0.971 bits per heavy atom. The van der Waals surface area contributed by atoms with Gasteiger partial charge in [0.2, 0.25) is 11.8 Å². The molecule has 0 radical (unpaired) electrons. The molecule has 1 aliphatic rings. The average molecular weight is 479 g/mol. The van der Waals surface area contributed by atoms with E-state index in [4.69, 9.17) is 14.2 Å². The van der Waals surface area contributed by atoms with Crippen molar-refractivity contribution in [2.24, 2.45) is 0 Å². The van der Waals surface area contributed by atoms with Gasteiger partial charge in [-0.2, -0.15) is 0 Å². The van der Waals surface area contributed by atoms with Crippen LogP contribution in [-0.2, 0) is 9.59 Å². The summed E-state index contributed by atoms with van der Waals surface area (Å²) >= 11 is 1.60. The van der Waals surface area contributed by atoms with Gasteiger partial charge < -0.3 is 24.4 Å². The van der Waals surface area contributed by atoms with Crippen LogP contribution in [0.3, 0.4) is 0 Å². The van der Waals surface area contributed by atoms with Crippen LogP contribution in [0.4, 0.5) is 11.4 Å². The molecule has 34 heavy (non-hydrogen) atoms. The van der Waals surface area contributed by atoms with Crippen molar-refractivity contribution >= 4 is 35.0 Å². The van der Waals surface area contributed by atoms with Gasteiger partial charge in [0.15, 0.2) is 11.5 Å². The number of carbonyl (C=O) groups is 2. The van der Waals surface area contributed by atoms with Crippen LogP contribution >= 0.6 is 11.8 Å². The van der Waals surface area contributed by atoms with Gasteiger partial charge in [0.25, 0.3) is 0 Å². The van der Waals surface area contributed by atoms with Crippen LogP contribution in [0, 0.1) is 0 Å². The Balaban J connectivity index is 1.57. The van der Waals surface area contributed by atoms with Gasteiger partial charge in [-0.05, 0) is 54.1 Å². The summed E-state index contributed by atoms with van der Waals surface area (Å²) in [6.07, 6.45) is 0.241. The number of nitrogens with one attached hydrogen (secondary N) is 1. The molecule has 1 heterocycles. The second kappa shape index (κ2) is 10.5. The Kier molecular flexibility index (Phi) is 7.27. The van der Waals surface area contributed by atoms with Crippen molar-refractivity contribution in [1.82, 2.24) is 0 Å². The lowest BCUT2D eigenvalue weighted by molar-refractivity contribution is -0.121. The zero-order valence-electron chi connectivity index (χ0n) is 19.2. The molecule has 3 aromatic carbocycles. The van der Waals surface area contributed by atoms with Crippen molar-refractivity contribution in [3.63, 3.8) is 0 Å². The zero-order chi connectivity index (χ0) is 24.1. The maximum absolute atomic E-state index is 13.4. The number of hydrogen-bond donors (Lipinski definition) is 1. The summed E-state index contributed by atoms with van der Waals surface area (Å²) in [6.45, 7) is -0.0823. The van der Waals surface area contributed by atoms with E-state index in [1.807, 2.05) is 42.5 Å². The maximum Gasteiger partial charge on any atom is 0.244 e. The molecule has 3 aromatic rings. The molecule has 0 aliphatic carbocycles. The number of para-hydroxylation sites is 1. The van der Waals surface area contributed by atoms with E-state index < -0.39 is 0 Å². The number of methoxy groups -OCH3 is 3. The van der Waals surface area contributed by atoms with Crippen LogP contribution in [0.15, 0.2) is 71.6 Å². The third-order valence-electron chi connectivity index (χ3n) is 5.54. The Morgan fingerprint density at radius 2 is 1.71 bits per heavy atom. The molecule has 1 atom stereocenters. The second-order valence-corrected chi connectivity index (χ2v) is 8.89. The molecule has 0 spiro atoms. The van der Waals surface area contributed by atoms with Crippen LogP contribution in [0.2, 0.25) is 0 Å². The van der Waals surface area contributed by atoms with E-state index in [2.05, 4.69) is 5.32 Å². The molecule has 176 valence electrons. The summed E-state index contributed by atoms with van der Waals surface area (Å²) in [4.78, 5) is 28.7. The minimum Gasteiger partial charge on any atom is -0.497 e. The maximum atomic E-state index is 13.4. The molecule has 0 fully saturated rings. The number of carbonyl (C=O) groups excluding carboxylic acids is 2. The quantitative estimate of drug-likeness (QED) is 0.519. The number of thioether (sulfide) groups is 1. The predicted molar refractivity (Wildman–Crippen MR) is 133 cm³/mol. The number of hydrogen-bond acceptors (Lipinski definition) is 6. The summed E-state index contributed by atoms with van der Waals surface area (Å²) in [5, 5.41) is 2.72. The van der Waals surface area contributed by atoms with Gasteiger partial charge in [-0.15, -0.1) is 11.8 Å². The lowest BCUT2D eigenvalue weighted by atomic mass is 10.1. The third kappa shape index (κ3) is 5.12. The monoisotopic (exact) mass is 478 g/mol. The number of benzene rings is 3. The summed E-state index contributed by atoms with van der Waals surface area (Å²) < 4.78 is 15.9. The van der Waals surface area contributed by atoms with Gasteiger partial charge in [0.1, 0.15) is 12.3 Å². The minimum absolute atomic E-state index is 0.0823. The van der Waals surface area contributed by atoms with Gasteiger partial charge in [-0.25, -0.2) is 0 Å². The van der Waals surface area contributed by atoms with Crippen LogP contribution in [-0.4, -0.2) is 39.7 Å². The van der Waals surface area contributed by atoms with E-state index in [0.717, 1.165) is 16.1 Å². The molecule has 2 amide bonds. The second-order valence-electron chi connectivity index (χ2n) is 7.65. The lowest BCUT2D eigenvalue weighted by Gasteiger charge is -2.22. The highest BCUT2D eigenvalue weighted by Crippen LogP contribution is 2.46. The molecule has 0 saturated carbocycles. The van der Waals surface area contributed by atoms with Crippen molar-refractivity contribution in [2.75, 3.05) is 38.1 Å². The van der Waals surface area contributed by atoms with Gasteiger partial charge in [0.05, 0.1) is 27.0 Å². The van der Waals surface area contributed by atoms with Gasteiger partial charge in [-0.1, -0.05) is 18.2 Å². The van der Waals surface area contributed by atoms with Crippen molar-refractivity contribution in [1.29, 1.82) is 0 Å². The number of ether oxygens (including phenoxy) is 3. The number of amides is 2. The van der Waals surface area contributed by atoms with Crippen molar-refractivity contribution < 1.29 is 23.8 Å². The smallest absolute Gasteiger partial charge is 0.244 e. The topological polar surface area (TPSA) is 77.1 Å². The Labute approximate surface area is 203 Å². The fourth-order valence-corrected chi connectivity index (χ4v) is 5.08. The molecular formula is C26H26N2O5S. The first kappa shape index (κ1) is 23.5. The molecule has 4 rings (SSSR count). The van der Waals surface area contributed by atoms with Crippen LogP contribution in [0.1, 0.15) is 17.2 Å².